The zero-order valence-corrected chi connectivity index (χ0v) is 15.6. The number of piperazine rings is 1. The summed E-state index contributed by atoms with van der Waals surface area (Å²) >= 11 is 0. The van der Waals surface area contributed by atoms with E-state index in [9.17, 15) is 13.6 Å². The Labute approximate surface area is 161 Å². The van der Waals surface area contributed by atoms with Crippen LogP contribution in [0.2, 0.25) is 0 Å². The number of halogens is 2. The van der Waals surface area contributed by atoms with Crippen LogP contribution in [0, 0.1) is 5.92 Å². The second kappa shape index (κ2) is 7.21. The number of carbonyl (C=O) groups excluding carboxylic acids is 1. The molecule has 1 aromatic heterocycles. The van der Waals surface area contributed by atoms with E-state index in [2.05, 4.69) is 39.9 Å². The summed E-state index contributed by atoms with van der Waals surface area (Å²) in [6.45, 7) is 8.25. The monoisotopic (exact) mass is 388 g/mol. The van der Waals surface area contributed by atoms with E-state index in [0.29, 0.717) is 37.8 Å². The fourth-order valence-corrected chi connectivity index (χ4v) is 3.58. The van der Waals surface area contributed by atoms with Gasteiger partial charge in [-0.3, -0.25) is 4.79 Å². The second-order valence-electron chi connectivity index (χ2n) is 7.17. The van der Waals surface area contributed by atoms with E-state index in [4.69, 9.17) is 0 Å². The van der Waals surface area contributed by atoms with E-state index in [0.717, 1.165) is 16.9 Å². The van der Waals surface area contributed by atoms with Crippen LogP contribution < -0.4 is 5.32 Å². The van der Waals surface area contributed by atoms with Gasteiger partial charge in [0.1, 0.15) is 22.9 Å². The Bertz CT molecular complexity index is 892. The lowest BCUT2D eigenvalue weighted by atomic mass is 10.1. The Morgan fingerprint density at radius 2 is 2.07 bits per heavy atom. The van der Waals surface area contributed by atoms with Crippen LogP contribution in [0.15, 0.2) is 41.4 Å². The van der Waals surface area contributed by atoms with Crippen molar-refractivity contribution in [2.24, 2.45) is 10.9 Å². The minimum Gasteiger partial charge on any atom is -0.353 e. The lowest BCUT2D eigenvalue weighted by Crippen LogP contribution is -2.48. The maximum absolute atomic E-state index is 13.3. The van der Waals surface area contributed by atoms with Crippen LogP contribution in [-0.4, -0.2) is 64.3 Å². The van der Waals surface area contributed by atoms with Crippen LogP contribution in [0.25, 0.3) is 5.70 Å². The first-order chi connectivity index (χ1) is 13.4. The standard InChI is InChI=1S/C19H22F2N6O/c1-12-3-4-22-16(9-12)25-5-7-26(8-6-25)19(28)14-11-23-27-15(17(20)21)10-13(2)24-18(14)27/h4,9-12,17,24H,2-3,5-8H2,1H3. The number of rotatable bonds is 3. The lowest BCUT2D eigenvalue weighted by Gasteiger charge is -2.36. The van der Waals surface area contributed by atoms with Gasteiger partial charge in [-0.05, 0) is 24.5 Å². The molecule has 1 amide bonds. The summed E-state index contributed by atoms with van der Waals surface area (Å²) in [7, 11) is 0. The highest BCUT2D eigenvalue weighted by atomic mass is 19.3. The number of allylic oxidation sites excluding steroid dienone is 3. The van der Waals surface area contributed by atoms with Gasteiger partial charge in [-0.15, -0.1) is 0 Å². The van der Waals surface area contributed by atoms with Gasteiger partial charge in [-0.2, -0.15) is 5.10 Å². The number of nitrogens with zero attached hydrogens (tertiary/aromatic N) is 5. The van der Waals surface area contributed by atoms with Gasteiger partial charge in [-0.25, -0.2) is 18.5 Å². The molecule has 1 aromatic rings. The summed E-state index contributed by atoms with van der Waals surface area (Å²) in [5.41, 5.74) is 0.279. The molecule has 1 unspecified atom stereocenters. The molecule has 148 valence electrons. The SMILES string of the molecule is C=C1C=C(C(F)F)n2ncc(C(=O)N3CCN(C4=CC(C)CC=N4)CC3)c2N1. The number of anilines is 1. The highest BCUT2D eigenvalue weighted by Gasteiger charge is 2.30. The number of fused-ring (bicyclic) bond motifs is 1. The molecule has 3 aliphatic rings. The third kappa shape index (κ3) is 3.32. The third-order valence-electron chi connectivity index (χ3n) is 5.09. The first-order valence-electron chi connectivity index (χ1n) is 9.26. The molecule has 0 aromatic carbocycles. The molecule has 3 aliphatic heterocycles. The number of amides is 1. The first-order valence-corrected chi connectivity index (χ1v) is 9.26. The summed E-state index contributed by atoms with van der Waals surface area (Å²) in [4.78, 5) is 21.3. The number of aliphatic imine (C=N–C) groups is 1. The molecule has 0 aliphatic carbocycles. The van der Waals surface area contributed by atoms with E-state index >= 15 is 0 Å². The van der Waals surface area contributed by atoms with Gasteiger partial charge in [0.25, 0.3) is 12.3 Å². The van der Waals surface area contributed by atoms with Crippen LogP contribution >= 0.6 is 0 Å². The summed E-state index contributed by atoms with van der Waals surface area (Å²) in [5, 5.41) is 6.87. The molecule has 28 heavy (non-hydrogen) atoms. The topological polar surface area (TPSA) is 65.8 Å². The van der Waals surface area contributed by atoms with Gasteiger partial charge in [-0.1, -0.05) is 13.5 Å². The minimum atomic E-state index is -2.71. The summed E-state index contributed by atoms with van der Waals surface area (Å²) in [6.07, 6.45) is 4.89. The molecular formula is C19H22F2N6O. The Balaban J connectivity index is 1.48. The van der Waals surface area contributed by atoms with Crippen molar-refractivity contribution in [2.45, 2.75) is 19.8 Å². The van der Waals surface area contributed by atoms with E-state index in [1.807, 2.05) is 6.21 Å². The van der Waals surface area contributed by atoms with Gasteiger partial charge in [0.05, 0.1) is 6.20 Å². The van der Waals surface area contributed by atoms with E-state index in [-0.39, 0.29) is 23.0 Å². The lowest BCUT2D eigenvalue weighted by molar-refractivity contribution is 0.0668. The zero-order chi connectivity index (χ0) is 19.8. The highest BCUT2D eigenvalue weighted by molar-refractivity contribution is 6.00. The zero-order valence-electron chi connectivity index (χ0n) is 15.6. The molecule has 0 spiro atoms. The molecule has 1 saturated heterocycles. The van der Waals surface area contributed by atoms with Crippen molar-refractivity contribution in [3.63, 3.8) is 0 Å². The molecule has 0 saturated carbocycles. The van der Waals surface area contributed by atoms with Crippen molar-refractivity contribution in [2.75, 3.05) is 31.5 Å². The number of carbonyl (C=O) groups is 1. The summed E-state index contributed by atoms with van der Waals surface area (Å²) < 4.78 is 27.6. The second-order valence-corrected chi connectivity index (χ2v) is 7.17. The van der Waals surface area contributed by atoms with Crippen molar-refractivity contribution < 1.29 is 13.6 Å². The van der Waals surface area contributed by atoms with Crippen LogP contribution in [0.1, 0.15) is 23.7 Å². The molecule has 4 rings (SSSR count). The van der Waals surface area contributed by atoms with Crippen LogP contribution in [0.5, 0.6) is 0 Å². The Kier molecular flexibility index (Phi) is 4.74. The Hall–Kier alpha value is -2.97. The normalized spacial score (nSPS) is 22.0. The van der Waals surface area contributed by atoms with Gasteiger partial charge >= 0.3 is 0 Å². The van der Waals surface area contributed by atoms with Crippen LogP contribution in [0.4, 0.5) is 14.6 Å². The molecule has 4 heterocycles. The molecule has 1 atom stereocenters. The Morgan fingerprint density at radius 3 is 2.75 bits per heavy atom. The molecule has 1 N–H and O–H groups in total. The number of nitrogens with one attached hydrogen (secondary N) is 1. The molecule has 9 heteroatoms. The van der Waals surface area contributed by atoms with Crippen molar-refractivity contribution in [1.29, 1.82) is 0 Å². The summed E-state index contributed by atoms with van der Waals surface area (Å²) in [5.74, 6) is 1.43. The smallest absolute Gasteiger partial charge is 0.280 e. The van der Waals surface area contributed by atoms with E-state index in [1.165, 1.54) is 12.3 Å². The highest BCUT2D eigenvalue weighted by Crippen LogP contribution is 2.30. The van der Waals surface area contributed by atoms with Crippen LogP contribution in [-0.2, 0) is 0 Å². The molecule has 0 bridgehead atoms. The van der Waals surface area contributed by atoms with Crippen molar-refractivity contribution in [3.05, 3.63) is 42.0 Å². The van der Waals surface area contributed by atoms with Crippen LogP contribution in [0.3, 0.4) is 0 Å². The van der Waals surface area contributed by atoms with Gasteiger partial charge in [0, 0.05) is 38.1 Å². The molecular weight excluding hydrogens is 366 g/mol. The minimum absolute atomic E-state index is 0.230. The van der Waals surface area contributed by atoms with E-state index in [1.54, 1.807) is 4.90 Å². The Morgan fingerprint density at radius 1 is 1.32 bits per heavy atom. The van der Waals surface area contributed by atoms with Crippen molar-refractivity contribution in [3.8, 4) is 0 Å². The van der Waals surface area contributed by atoms with Gasteiger partial charge in [0.2, 0.25) is 0 Å². The average molecular weight is 388 g/mol. The third-order valence-corrected chi connectivity index (χ3v) is 5.09. The van der Waals surface area contributed by atoms with Gasteiger partial charge in [0.15, 0.2) is 0 Å². The summed E-state index contributed by atoms with van der Waals surface area (Å²) in [6, 6.07) is 0. The average Bonchev–Trinajstić information content (AvgIpc) is 3.10. The first kappa shape index (κ1) is 18.4. The maximum atomic E-state index is 13.3. The number of hydrogen-bond donors (Lipinski definition) is 1. The number of aromatic nitrogens is 2. The quantitative estimate of drug-likeness (QED) is 0.865. The maximum Gasteiger partial charge on any atom is 0.280 e. The molecule has 1 fully saturated rings. The predicted molar refractivity (Wildman–Crippen MR) is 103 cm³/mol. The van der Waals surface area contributed by atoms with Crippen molar-refractivity contribution >= 4 is 23.6 Å². The predicted octanol–water partition coefficient (Wildman–Crippen LogP) is 2.64. The largest absolute Gasteiger partial charge is 0.353 e. The number of alkyl halides is 2. The van der Waals surface area contributed by atoms with Gasteiger partial charge < -0.3 is 15.1 Å². The molecule has 7 nitrogen and oxygen atoms in total. The van der Waals surface area contributed by atoms with Crippen molar-refractivity contribution in [1.82, 2.24) is 19.6 Å². The van der Waals surface area contributed by atoms with E-state index < -0.39 is 6.43 Å². The molecule has 0 radical (unpaired) electrons. The number of hydrogen-bond acceptors (Lipinski definition) is 5. The fourth-order valence-electron chi connectivity index (χ4n) is 3.58. The fraction of sp³-hybridized carbons (Fsp3) is 0.421.